The van der Waals surface area contributed by atoms with Gasteiger partial charge in [0.1, 0.15) is 12.2 Å². The van der Waals surface area contributed by atoms with Crippen LogP contribution in [0.5, 0.6) is 0 Å². The lowest BCUT2D eigenvalue weighted by Crippen LogP contribution is -2.30. The molecule has 15 heavy (non-hydrogen) atoms. The van der Waals surface area contributed by atoms with Gasteiger partial charge in [0, 0.05) is 13.5 Å². The second-order valence-corrected chi connectivity index (χ2v) is 5.49. The molecule has 0 aromatic heterocycles. The van der Waals surface area contributed by atoms with Gasteiger partial charge in [0.25, 0.3) is 0 Å². The lowest BCUT2D eigenvalue weighted by Gasteiger charge is -2.18. The summed E-state index contributed by atoms with van der Waals surface area (Å²) < 4.78 is 25.5. The first kappa shape index (κ1) is 13.2. The fourth-order valence-electron chi connectivity index (χ4n) is 1.35. The molecule has 88 valence electrons. The molecule has 0 saturated carbocycles. The normalized spacial score (nSPS) is 35.1. The number of carbonyl (C=O) groups is 1. The summed E-state index contributed by atoms with van der Waals surface area (Å²) in [6.45, 7) is 1.35. The molecule has 0 aromatic rings. The van der Waals surface area contributed by atoms with Crippen LogP contribution in [0.4, 0.5) is 0 Å². The lowest BCUT2D eigenvalue weighted by atomic mass is 10.1. The van der Waals surface area contributed by atoms with E-state index >= 15 is 0 Å². The number of phosphoric ester groups is 1. The van der Waals surface area contributed by atoms with Gasteiger partial charge in [0.05, 0.1) is 5.85 Å². The van der Waals surface area contributed by atoms with Crippen LogP contribution in [0, 0.1) is 0 Å². The van der Waals surface area contributed by atoms with Crippen molar-refractivity contribution in [3.8, 4) is 0 Å². The predicted octanol–water partition coefficient (Wildman–Crippen LogP) is 0.697. The van der Waals surface area contributed by atoms with Crippen LogP contribution in [0.1, 0.15) is 13.3 Å². The van der Waals surface area contributed by atoms with Crippen molar-refractivity contribution in [2.75, 3.05) is 7.11 Å². The van der Waals surface area contributed by atoms with E-state index < -0.39 is 20.0 Å². The summed E-state index contributed by atoms with van der Waals surface area (Å²) in [5.74, 6) is -0.484. The number of phosphoric acid groups is 1. The van der Waals surface area contributed by atoms with E-state index in [2.05, 4.69) is 13.8 Å². The SMILES string of the molecule is COP(=O)(O)OC1CC(P)OC1C(C)=O. The highest BCUT2D eigenvalue weighted by Gasteiger charge is 2.41. The molecular weight excluding hydrogens is 242 g/mol. The Bertz CT molecular complexity index is 293. The van der Waals surface area contributed by atoms with Crippen molar-refractivity contribution < 1.29 is 28.0 Å². The molecule has 5 atom stereocenters. The minimum atomic E-state index is -4.07. The molecule has 6 nitrogen and oxygen atoms in total. The smallest absolute Gasteiger partial charge is 0.360 e. The Hall–Kier alpha value is 0.170. The largest absolute Gasteiger partial charge is 0.472 e. The standard InChI is InChI=1S/C7H14O6P2/c1-4(8)7-5(3-6(14)12-7)13-15(9,10)11-2/h5-7H,3,14H2,1-2H3,(H,9,10). The monoisotopic (exact) mass is 256 g/mol. The molecule has 5 unspecified atom stereocenters. The van der Waals surface area contributed by atoms with Crippen LogP contribution < -0.4 is 0 Å². The van der Waals surface area contributed by atoms with Gasteiger partial charge in [0.15, 0.2) is 5.78 Å². The zero-order valence-electron chi connectivity index (χ0n) is 8.45. The molecule has 1 aliphatic heterocycles. The molecule has 1 fully saturated rings. The second-order valence-electron chi connectivity index (χ2n) is 3.24. The molecule has 0 aromatic carbocycles. The van der Waals surface area contributed by atoms with Gasteiger partial charge in [-0.3, -0.25) is 13.8 Å². The van der Waals surface area contributed by atoms with Crippen LogP contribution in [0.25, 0.3) is 0 Å². The number of rotatable bonds is 4. The maximum atomic E-state index is 11.2. The summed E-state index contributed by atoms with van der Waals surface area (Å²) in [4.78, 5) is 20.3. The van der Waals surface area contributed by atoms with Crippen LogP contribution >= 0.6 is 17.1 Å². The van der Waals surface area contributed by atoms with Crippen molar-refractivity contribution in [1.29, 1.82) is 0 Å². The maximum Gasteiger partial charge on any atom is 0.472 e. The quantitative estimate of drug-likeness (QED) is 0.745. The zero-order chi connectivity index (χ0) is 11.6. The average Bonchev–Trinajstić information content (AvgIpc) is 2.46. The van der Waals surface area contributed by atoms with Gasteiger partial charge < -0.3 is 9.63 Å². The highest BCUT2D eigenvalue weighted by Crippen LogP contribution is 2.46. The number of hydrogen-bond donors (Lipinski definition) is 1. The van der Waals surface area contributed by atoms with E-state index in [-0.39, 0.29) is 11.6 Å². The lowest BCUT2D eigenvalue weighted by molar-refractivity contribution is -0.129. The average molecular weight is 256 g/mol. The van der Waals surface area contributed by atoms with Crippen LogP contribution in [0.15, 0.2) is 0 Å². The topological polar surface area (TPSA) is 82.1 Å². The summed E-state index contributed by atoms with van der Waals surface area (Å²) in [6, 6.07) is 0. The van der Waals surface area contributed by atoms with Gasteiger partial charge in [-0.05, 0) is 6.92 Å². The number of hydrogen-bond acceptors (Lipinski definition) is 5. The minimum Gasteiger partial charge on any atom is -0.360 e. The van der Waals surface area contributed by atoms with Crippen molar-refractivity contribution >= 4 is 22.8 Å². The Morgan fingerprint density at radius 2 is 2.27 bits per heavy atom. The number of Topliss-reactive ketones (excluding diaryl/α,β-unsaturated/α-hetero) is 1. The highest BCUT2D eigenvalue weighted by atomic mass is 31.2. The Morgan fingerprint density at radius 1 is 1.67 bits per heavy atom. The third-order valence-corrected chi connectivity index (χ3v) is 3.45. The molecule has 1 aliphatic rings. The van der Waals surface area contributed by atoms with E-state index in [1.165, 1.54) is 6.92 Å². The number of ketones is 1. The third kappa shape index (κ3) is 3.59. The Balaban J connectivity index is 2.68. The van der Waals surface area contributed by atoms with E-state index in [0.29, 0.717) is 6.42 Å². The third-order valence-electron chi connectivity index (χ3n) is 2.02. The van der Waals surface area contributed by atoms with Gasteiger partial charge in [0.2, 0.25) is 0 Å². The van der Waals surface area contributed by atoms with Crippen molar-refractivity contribution in [3.05, 3.63) is 0 Å². The van der Waals surface area contributed by atoms with Crippen LogP contribution in [0.3, 0.4) is 0 Å². The Morgan fingerprint density at radius 3 is 2.73 bits per heavy atom. The maximum absolute atomic E-state index is 11.2. The van der Waals surface area contributed by atoms with Gasteiger partial charge in [-0.15, -0.1) is 9.24 Å². The fraction of sp³-hybridized carbons (Fsp3) is 0.857. The molecule has 0 aliphatic carbocycles. The molecule has 8 heteroatoms. The van der Waals surface area contributed by atoms with Crippen LogP contribution in [-0.2, 0) is 23.1 Å². The molecule has 1 heterocycles. The molecule has 0 bridgehead atoms. The highest BCUT2D eigenvalue weighted by molar-refractivity contribution is 7.47. The summed E-state index contributed by atoms with van der Waals surface area (Å²) >= 11 is 0. The summed E-state index contributed by atoms with van der Waals surface area (Å²) in [6.07, 6.45) is -1.17. The van der Waals surface area contributed by atoms with Crippen molar-refractivity contribution in [3.63, 3.8) is 0 Å². The van der Waals surface area contributed by atoms with Crippen LogP contribution in [0.2, 0.25) is 0 Å². The van der Waals surface area contributed by atoms with Gasteiger partial charge in [-0.2, -0.15) is 0 Å². The second kappa shape index (κ2) is 5.00. The van der Waals surface area contributed by atoms with Gasteiger partial charge in [-0.1, -0.05) is 0 Å². The van der Waals surface area contributed by atoms with Crippen LogP contribution in [-0.4, -0.2) is 35.8 Å². The molecule has 1 rings (SSSR count). The van der Waals surface area contributed by atoms with E-state index in [1.807, 2.05) is 0 Å². The fourth-order valence-corrected chi connectivity index (χ4v) is 2.42. The summed E-state index contributed by atoms with van der Waals surface area (Å²) in [7, 11) is -0.616. The van der Waals surface area contributed by atoms with E-state index in [4.69, 9.17) is 14.2 Å². The molecule has 1 saturated heterocycles. The zero-order valence-corrected chi connectivity index (χ0v) is 10.5. The molecule has 0 amide bonds. The molecule has 1 N–H and O–H groups in total. The summed E-state index contributed by atoms with van der Waals surface area (Å²) in [5.41, 5.74) is 0. The van der Waals surface area contributed by atoms with E-state index in [9.17, 15) is 9.36 Å². The van der Waals surface area contributed by atoms with Crippen molar-refractivity contribution in [1.82, 2.24) is 0 Å². The molecule has 0 radical (unpaired) electrons. The summed E-state index contributed by atoms with van der Waals surface area (Å²) in [5, 5.41) is 0. The minimum absolute atomic E-state index is 0.235. The first-order valence-corrected chi connectivity index (χ1v) is 6.50. The molecular formula is C7H14O6P2. The Kier molecular flexibility index (Phi) is 4.41. The number of ether oxygens (including phenoxy) is 1. The van der Waals surface area contributed by atoms with Crippen molar-refractivity contribution in [2.45, 2.75) is 31.4 Å². The van der Waals surface area contributed by atoms with Gasteiger partial charge in [-0.25, -0.2) is 4.57 Å². The van der Waals surface area contributed by atoms with E-state index in [0.717, 1.165) is 7.11 Å². The first-order chi connectivity index (χ1) is 6.85. The van der Waals surface area contributed by atoms with Gasteiger partial charge >= 0.3 is 7.82 Å². The van der Waals surface area contributed by atoms with Crippen molar-refractivity contribution in [2.24, 2.45) is 0 Å². The first-order valence-electron chi connectivity index (χ1n) is 4.34. The molecule has 0 spiro atoms. The van der Waals surface area contributed by atoms with E-state index in [1.54, 1.807) is 0 Å². The predicted molar refractivity (Wildman–Crippen MR) is 55.4 cm³/mol. The number of carbonyl (C=O) groups excluding carboxylic acids is 1. The Labute approximate surface area is 90.1 Å².